The van der Waals surface area contributed by atoms with E-state index in [0.717, 1.165) is 11.1 Å². The summed E-state index contributed by atoms with van der Waals surface area (Å²) in [5.74, 6) is 0.929. The van der Waals surface area contributed by atoms with Crippen molar-refractivity contribution in [3.05, 3.63) is 41.3 Å². The Balaban J connectivity index is 1.45. The van der Waals surface area contributed by atoms with Crippen LogP contribution in [-0.4, -0.2) is 64.1 Å². The molecule has 0 aliphatic carbocycles. The van der Waals surface area contributed by atoms with Gasteiger partial charge in [0.05, 0.1) is 44.5 Å². The lowest BCUT2D eigenvalue weighted by Gasteiger charge is -2.26. The second-order valence-electron chi connectivity index (χ2n) is 7.74. The van der Waals surface area contributed by atoms with Crippen LogP contribution in [0.25, 0.3) is 22.2 Å². The molecule has 4 heterocycles. The van der Waals surface area contributed by atoms with Gasteiger partial charge in [-0.3, -0.25) is 9.48 Å². The molecule has 0 unspecified atom stereocenters. The van der Waals surface area contributed by atoms with Gasteiger partial charge in [0.15, 0.2) is 5.15 Å². The van der Waals surface area contributed by atoms with Gasteiger partial charge in [-0.15, -0.1) is 0 Å². The normalized spacial score (nSPS) is 13.5. The first kappa shape index (κ1) is 22.0. The largest absolute Gasteiger partial charge is 0.495 e. The molecule has 34 heavy (non-hydrogen) atoms. The number of benzene rings is 1. The molecule has 1 aromatic carbocycles. The van der Waals surface area contributed by atoms with Crippen LogP contribution < -0.4 is 20.1 Å². The quantitative estimate of drug-likeness (QED) is 0.366. The minimum atomic E-state index is -0.189. The van der Waals surface area contributed by atoms with Crippen LogP contribution in [0.1, 0.15) is 10.4 Å². The lowest BCUT2D eigenvalue weighted by atomic mass is 10.1. The van der Waals surface area contributed by atoms with Crippen molar-refractivity contribution in [2.75, 3.05) is 32.8 Å². The molecule has 11 nitrogen and oxygen atoms in total. The SMILES string of the molecule is COc1cc(C(=O)NC2COC2)ccc1Nc1nc(OC)c2c(-c3cn(C)nc3Cl)c[nH]c2n1. The molecule has 3 aromatic heterocycles. The predicted octanol–water partition coefficient (Wildman–Crippen LogP) is 2.90. The highest BCUT2D eigenvalue weighted by Gasteiger charge is 2.22. The van der Waals surface area contributed by atoms with E-state index in [4.69, 9.17) is 25.8 Å². The van der Waals surface area contributed by atoms with E-state index in [1.165, 1.54) is 14.2 Å². The van der Waals surface area contributed by atoms with Crippen molar-refractivity contribution in [2.24, 2.45) is 7.05 Å². The zero-order valence-corrected chi connectivity index (χ0v) is 19.4. The number of methoxy groups -OCH3 is 2. The zero-order chi connectivity index (χ0) is 23.8. The van der Waals surface area contributed by atoms with Gasteiger partial charge in [0.1, 0.15) is 11.4 Å². The minimum absolute atomic E-state index is 0.0381. The Morgan fingerprint density at radius 3 is 2.71 bits per heavy atom. The number of fused-ring (bicyclic) bond motifs is 1. The third-order valence-electron chi connectivity index (χ3n) is 5.45. The summed E-state index contributed by atoms with van der Waals surface area (Å²) in [4.78, 5) is 24.7. The first-order valence-electron chi connectivity index (χ1n) is 10.4. The summed E-state index contributed by atoms with van der Waals surface area (Å²) < 4.78 is 17.8. The molecule has 176 valence electrons. The Labute approximate surface area is 199 Å². The summed E-state index contributed by atoms with van der Waals surface area (Å²) in [5.41, 5.74) is 3.14. The predicted molar refractivity (Wildman–Crippen MR) is 126 cm³/mol. The number of ether oxygens (including phenoxy) is 3. The second-order valence-corrected chi connectivity index (χ2v) is 8.10. The van der Waals surface area contributed by atoms with E-state index < -0.39 is 0 Å². The summed E-state index contributed by atoms with van der Waals surface area (Å²) in [6, 6.07) is 5.13. The number of anilines is 2. The standard InChI is InChI=1S/C22H22ClN7O4/c1-30-8-14(18(23)29-30)13-7-24-19-17(13)21(33-3)28-22(27-19)26-15-5-4-11(6-16(15)32-2)20(31)25-12-9-34-10-12/h4-8,12H,9-10H2,1-3H3,(H,25,31)(H2,24,26,27,28). The number of aromatic amines is 1. The summed E-state index contributed by atoms with van der Waals surface area (Å²) >= 11 is 6.29. The number of aryl methyl sites for hydroxylation is 1. The van der Waals surface area contributed by atoms with Crippen molar-refractivity contribution >= 4 is 40.2 Å². The fourth-order valence-corrected chi connectivity index (χ4v) is 3.97. The van der Waals surface area contributed by atoms with Gasteiger partial charge in [-0.25, -0.2) is 0 Å². The maximum Gasteiger partial charge on any atom is 0.251 e. The number of hydrogen-bond acceptors (Lipinski definition) is 8. The number of H-pyrrole nitrogens is 1. The molecule has 1 fully saturated rings. The van der Waals surface area contributed by atoms with E-state index in [-0.39, 0.29) is 17.9 Å². The topological polar surface area (TPSA) is 128 Å². The van der Waals surface area contributed by atoms with Crippen LogP contribution in [0.5, 0.6) is 11.6 Å². The maximum atomic E-state index is 12.5. The van der Waals surface area contributed by atoms with Gasteiger partial charge in [0.25, 0.3) is 5.91 Å². The van der Waals surface area contributed by atoms with Crippen molar-refractivity contribution in [1.29, 1.82) is 0 Å². The molecule has 0 atom stereocenters. The Bertz CT molecular complexity index is 1380. The van der Waals surface area contributed by atoms with Crippen molar-refractivity contribution in [1.82, 2.24) is 30.0 Å². The number of aromatic nitrogens is 5. The van der Waals surface area contributed by atoms with Crippen LogP contribution in [0.2, 0.25) is 5.15 Å². The molecule has 0 spiro atoms. The Kier molecular flexibility index (Phi) is 5.72. The van der Waals surface area contributed by atoms with E-state index >= 15 is 0 Å². The number of carbonyl (C=O) groups excluding carboxylic acids is 1. The molecule has 1 saturated heterocycles. The fourth-order valence-electron chi connectivity index (χ4n) is 3.70. The van der Waals surface area contributed by atoms with E-state index in [9.17, 15) is 4.79 Å². The number of hydrogen-bond donors (Lipinski definition) is 3. The van der Waals surface area contributed by atoms with Gasteiger partial charge in [-0.2, -0.15) is 15.1 Å². The Hall–Kier alpha value is -3.83. The molecule has 12 heteroatoms. The highest BCUT2D eigenvalue weighted by atomic mass is 35.5. The van der Waals surface area contributed by atoms with E-state index in [1.54, 1.807) is 36.1 Å². The summed E-state index contributed by atoms with van der Waals surface area (Å²) in [6.45, 7) is 1.05. The van der Waals surface area contributed by atoms with Crippen LogP contribution >= 0.6 is 11.6 Å². The number of halogens is 1. The van der Waals surface area contributed by atoms with Crippen LogP contribution in [0.4, 0.5) is 11.6 Å². The van der Waals surface area contributed by atoms with E-state index in [2.05, 4.69) is 30.7 Å². The number of nitrogens with one attached hydrogen (secondary N) is 3. The van der Waals surface area contributed by atoms with Crippen molar-refractivity contribution in [3.63, 3.8) is 0 Å². The number of rotatable bonds is 7. The van der Waals surface area contributed by atoms with E-state index in [0.29, 0.717) is 52.3 Å². The smallest absolute Gasteiger partial charge is 0.251 e. The summed E-state index contributed by atoms with van der Waals surface area (Å²) in [6.07, 6.45) is 3.60. The van der Waals surface area contributed by atoms with Crippen molar-refractivity contribution in [2.45, 2.75) is 6.04 Å². The number of carbonyl (C=O) groups is 1. The molecule has 0 bridgehead atoms. The average Bonchev–Trinajstić information content (AvgIpc) is 3.37. The van der Waals surface area contributed by atoms with Gasteiger partial charge >= 0.3 is 0 Å². The lowest BCUT2D eigenvalue weighted by molar-refractivity contribution is -0.00346. The second kappa shape index (κ2) is 8.84. The first-order chi connectivity index (χ1) is 16.5. The van der Waals surface area contributed by atoms with Gasteiger partial charge < -0.3 is 29.8 Å². The highest BCUT2D eigenvalue weighted by Crippen LogP contribution is 2.37. The molecule has 0 saturated carbocycles. The van der Waals surface area contributed by atoms with Crippen molar-refractivity contribution < 1.29 is 19.0 Å². The average molecular weight is 484 g/mol. The van der Waals surface area contributed by atoms with Crippen LogP contribution in [0, 0.1) is 0 Å². The monoisotopic (exact) mass is 483 g/mol. The van der Waals surface area contributed by atoms with Crippen LogP contribution in [-0.2, 0) is 11.8 Å². The molecule has 1 aliphatic rings. The van der Waals surface area contributed by atoms with Gasteiger partial charge in [-0.1, -0.05) is 11.6 Å². The molecule has 3 N–H and O–H groups in total. The number of amides is 1. The molecule has 0 radical (unpaired) electrons. The zero-order valence-electron chi connectivity index (χ0n) is 18.7. The third-order valence-corrected chi connectivity index (χ3v) is 5.73. The Morgan fingerprint density at radius 2 is 2.06 bits per heavy atom. The van der Waals surface area contributed by atoms with E-state index in [1.807, 2.05) is 6.20 Å². The van der Waals surface area contributed by atoms with Gasteiger partial charge in [0, 0.05) is 36.1 Å². The Morgan fingerprint density at radius 1 is 1.24 bits per heavy atom. The fraction of sp³-hybridized carbons (Fsp3) is 0.273. The van der Waals surface area contributed by atoms with Gasteiger partial charge in [0.2, 0.25) is 11.8 Å². The number of nitrogens with zero attached hydrogens (tertiary/aromatic N) is 4. The molecular formula is C22H22ClN7O4. The van der Waals surface area contributed by atoms with Crippen LogP contribution in [0.15, 0.2) is 30.6 Å². The minimum Gasteiger partial charge on any atom is -0.495 e. The third kappa shape index (κ3) is 3.99. The molecule has 5 rings (SSSR count). The summed E-state index contributed by atoms with van der Waals surface area (Å²) in [7, 11) is 4.86. The molecule has 1 amide bonds. The highest BCUT2D eigenvalue weighted by molar-refractivity contribution is 6.32. The summed E-state index contributed by atoms with van der Waals surface area (Å²) in [5, 5.41) is 11.3. The van der Waals surface area contributed by atoms with Crippen molar-refractivity contribution in [3.8, 4) is 22.8 Å². The molecule has 1 aliphatic heterocycles. The first-order valence-corrected chi connectivity index (χ1v) is 10.8. The van der Waals surface area contributed by atoms with Crippen LogP contribution in [0.3, 0.4) is 0 Å². The molecule has 4 aromatic rings. The maximum absolute atomic E-state index is 12.5. The lowest BCUT2D eigenvalue weighted by Crippen LogP contribution is -2.48. The molecular weight excluding hydrogens is 462 g/mol. The van der Waals surface area contributed by atoms with Gasteiger partial charge in [-0.05, 0) is 18.2 Å².